The summed E-state index contributed by atoms with van der Waals surface area (Å²) >= 11 is 0. The van der Waals surface area contributed by atoms with Crippen LogP contribution in [0.1, 0.15) is 42.8 Å². The number of carbonyl (C=O) groups is 1. The van der Waals surface area contributed by atoms with Crippen molar-refractivity contribution < 1.29 is 27.6 Å². The number of aryl methyl sites for hydroxylation is 1. The molecule has 3 rings (SSSR count). The summed E-state index contributed by atoms with van der Waals surface area (Å²) in [6.45, 7) is 2.01. The van der Waals surface area contributed by atoms with Gasteiger partial charge in [0.25, 0.3) is 0 Å². The van der Waals surface area contributed by atoms with Gasteiger partial charge in [-0.1, -0.05) is 0 Å². The molecule has 0 aliphatic heterocycles. The number of aromatic nitrogens is 4. The topological polar surface area (TPSA) is 117 Å². The van der Waals surface area contributed by atoms with Crippen LogP contribution in [-0.4, -0.2) is 44.0 Å². The standard InChI is InChI=1S/C17H21F3N6O4/c1-10(25-12-6-3-5-11(12)14(22-25)17(18,19)20)15(27)21-7-4-8-24-9-13(26(28)29)16(23-24)30-2/h9-10H,3-8H2,1-2H3,(H,21,27)/t10-/m0/s1. The molecule has 10 nitrogen and oxygen atoms in total. The van der Waals surface area contributed by atoms with E-state index in [1.54, 1.807) is 0 Å². The van der Waals surface area contributed by atoms with Gasteiger partial charge in [0, 0.05) is 24.3 Å². The maximum Gasteiger partial charge on any atom is 0.435 e. The van der Waals surface area contributed by atoms with E-state index in [4.69, 9.17) is 4.74 Å². The molecule has 1 aliphatic rings. The molecule has 2 aromatic rings. The lowest BCUT2D eigenvalue weighted by Crippen LogP contribution is -2.33. The quantitative estimate of drug-likeness (QED) is 0.390. The number of amides is 1. The number of alkyl halides is 3. The van der Waals surface area contributed by atoms with Gasteiger partial charge in [0.1, 0.15) is 12.2 Å². The molecule has 13 heteroatoms. The number of fused-ring (bicyclic) bond motifs is 1. The Bertz CT molecular complexity index is 952. The molecule has 0 saturated heterocycles. The van der Waals surface area contributed by atoms with Crippen molar-refractivity contribution >= 4 is 11.6 Å². The number of methoxy groups -OCH3 is 1. The highest BCUT2D eigenvalue weighted by Gasteiger charge is 2.41. The molecule has 0 radical (unpaired) electrons. The number of carbonyl (C=O) groups excluding carboxylic acids is 1. The van der Waals surface area contributed by atoms with Gasteiger partial charge in [-0.2, -0.15) is 18.3 Å². The predicted molar refractivity (Wildman–Crippen MR) is 97.0 cm³/mol. The minimum Gasteiger partial charge on any atom is -0.475 e. The molecule has 0 saturated carbocycles. The van der Waals surface area contributed by atoms with Crippen molar-refractivity contribution in [3.05, 3.63) is 33.3 Å². The summed E-state index contributed by atoms with van der Waals surface area (Å²) in [5, 5.41) is 21.2. The fourth-order valence-electron chi connectivity index (χ4n) is 3.50. The van der Waals surface area contributed by atoms with Crippen LogP contribution in [-0.2, 0) is 30.4 Å². The fourth-order valence-corrected chi connectivity index (χ4v) is 3.50. The van der Waals surface area contributed by atoms with E-state index in [9.17, 15) is 28.1 Å². The number of nitro groups is 1. The zero-order valence-corrected chi connectivity index (χ0v) is 16.4. The third-order valence-corrected chi connectivity index (χ3v) is 4.94. The maximum absolute atomic E-state index is 13.2. The van der Waals surface area contributed by atoms with E-state index in [0.717, 1.165) is 0 Å². The minimum atomic E-state index is -4.55. The molecule has 0 fully saturated rings. The highest BCUT2D eigenvalue weighted by molar-refractivity contribution is 5.79. The van der Waals surface area contributed by atoms with Crippen LogP contribution in [0.15, 0.2) is 6.20 Å². The molecule has 0 spiro atoms. The molecular weight excluding hydrogens is 409 g/mol. The summed E-state index contributed by atoms with van der Waals surface area (Å²) in [6.07, 6.45) is -1.55. The van der Waals surface area contributed by atoms with Crippen molar-refractivity contribution in [1.29, 1.82) is 0 Å². The summed E-state index contributed by atoms with van der Waals surface area (Å²) in [7, 11) is 1.28. The van der Waals surface area contributed by atoms with Gasteiger partial charge in [0.2, 0.25) is 5.91 Å². The summed E-state index contributed by atoms with van der Waals surface area (Å²) < 4.78 is 46.9. The Morgan fingerprint density at radius 2 is 2.13 bits per heavy atom. The Kier molecular flexibility index (Phi) is 5.99. The first-order chi connectivity index (χ1) is 14.1. The SMILES string of the molecule is COc1nn(CCCNC(=O)[C@H](C)n2nc(C(F)(F)F)c3c2CCC3)cc1[N+](=O)[O-]. The van der Waals surface area contributed by atoms with Crippen molar-refractivity contribution in [1.82, 2.24) is 24.9 Å². The number of rotatable bonds is 8. The van der Waals surface area contributed by atoms with Crippen LogP contribution < -0.4 is 10.1 Å². The number of halogens is 3. The van der Waals surface area contributed by atoms with Crippen LogP contribution in [0, 0.1) is 10.1 Å². The Hall–Kier alpha value is -3.12. The highest BCUT2D eigenvalue weighted by atomic mass is 19.4. The van der Waals surface area contributed by atoms with Crippen molar-refractivity contribution in [2.75, 3.05) is 13.7 Å². The van der Waals surface area contributed by atoms with Gasteiger partial charge in [-0.25, -0.2) is 0 Å². The highest BCUT2D eigenvalue weighted by Crippen LogP contribution is 2.37. The Morgan fingerprint density at radius 1 is 1.40 bits per heavy atom. The van der Waals surface area contributed by atoms with Gasteiger partial charge >= 0.3 is 17.7 Å². The first-order valence-corrected chi connectivity index (χ1v) is 9.34. The van der Waals surface area contributed by atoms with Crippen LogP contribution in [0.25, 0.3) is 0 Å². The van der Waals surface area contributed by atoms with Crippen LogP contribution in [0.3, 0.4) is 0 Å². The van der Waals surface area contributed by atoms with E-state index < -0.39 is 28.7 Å². The maximum atomic E-state index is 13.2. The molecule has 2 heterocycles. The van der Waals surface area contributed by atoms with Gasteiger partial charge in [-0.05, 0) is 32.6 Å². The van der Waals surface area contributed by atoms with Crippen LogP contribution in [0.4, 0.5) is 18.9 Å². The van der Waals surface area contributed by atoms with Crippen LogP contribution in [0.2, 0.25) is 0 Å². The van der Waals surface area contributed by atoms with Gasteiger partial charge in [-0.15, -0.1) is 5.10 Å². The van der Waals surface area contributed by atoms with Gasteiger partial charge in [0.15, 0.2) is 5.69 Å². The van der Waals surface area contributed by atoms with Crippen molar-refractivity contribution in [2.45, 2.75) is 51.4 Å². The Labute approximate surface area is 169 Å². The lowest BCUT2D eigenvalue weighted by Gasteiger charge is -2.15. The van der Waals surface area contributed by atoms with Crippen LogP contribution >= 0.6 is 0 Å². The van der Waals surface area contributed by atoms with E-state index in [1.807, 2.05) is 0 Å². The van der Waals surface area contributed by atoms with Crippen molar-refractivity contribution in [3.8, 4) is 5.88 Å². The molecular formula is C17H21F3N6O4. The normalized spacial score (nSPS) is 14.4. The van der Waals surface area contributed by atoms with E-state index in [2.05, 4.69) is 15.5 Å². The Balaban J connectivity index is 1.58. The predicted octanol–water partition coefficient (Wildman–Crippen LogP) is 2.27. The third kappa shape index (κ3) is 4.24. The molecule has 1 amide bonds. The Morgan fingerprint density at radius 3 is 2.73 bits per heavy atom. The van der Waals surface area contributed by atoms with E-state index in [0.29, 0.717) is 31.4 Å². The molecule has 2 aromatic heterocycles. The lowest BCUT2D eigenvalue weighted by atomic mass is 10.2. The second kappa shape index (κ2) is 8.32. The molecule has 0 aromatic carbocycles. The summed E-state index contributed by atoms with van der Waals surface area (Å²) in [6, 6.07) is -0.890. The number of nitrogens with one attached hydrogen (secondary N) is 1. The first-order valence-electron chi connectivity index (χ1n) is 9.34. The summed E-state index contributed by atoms with van der Waals surface area (Å²) in [5.74, 6) is -0.560. The van der Waals surface area contributed by atoms with Crippen molar-refractivity contribution in [3.63, 3.8) is 0 Å². The fraction of sp³-hybridized carbons (Fsp3) is 0.588. The lowest BCUT2D eigenvalue weighted by molar-refractivity contribution is -0.385. The average molecular weight is 430 g/mol. The van der Waals surface area contributed by atoms with Crippen molar-refractivity contribution in [2.24, 2.45) is 0 Å². The third-order valence-electron chi connectivity index (χ3n) is 4.94. The second-order valence-electron chi connectivity index (χ2n) is 6.93. The van der Waals surface area contributed by atoms with E-state index >= 15 is 0 Å². The van der Waals surface area contributed by atoms with Gasteiger partial charge < -0.3 is 10.1 Å². The minimum absolute atomic E-state index is 0.106. The smallest absolute Gasteiger partial charge is 0.435 e. The number of nitrogens with zero attached hydrogens (tertiary/aromatic N) is 5. The molecule has 164 valence electrons. The zero-order valence-electron chi connectivity index (χ0n) is 16.4. The summed E-state index contributed by atoms with van der Waals surface area (Å²) in [4.78, 5) is 22.7. The van der Waals surface area contributed by atoms with Crippen LogP contribution in [0.5, 0.6) is 5.88 Å². The first kappa shape index (κ1) is 21.6. The second-order valence-corrected chi connectivity index (χ2v) is 6.93. The van der Waals surface area contributed by atoms with Gasteiger partial charge in [0.05, 0.1) is 12.0 Å². The molecule has 1 atom stereocenters. The van der Waals surface area contributed by atoms with E-state index in [1.165, 1.54) is 29.6 Å². The van der Waals surface area contributed by atoms with E-state index in [-0.39, 0.29) is 30.2 Å². The van der Waals surface area contributed by atoms with Gasteiger partial charge in [-0.3, -0.25) is 24.3 Å². The molecule has 0 unspecified atom stereocenters. The average Bonchev–Trinajstić information content (AvgIpc) is 3.37. The molecule has 1 N–H and O–H groups in total. The number of hydrogen-bond acceptors (Lipinski definition) is 6. The zero-order chi connectivity index (χ0) is 22.1. The molecule has 0 bridgehead atoms. The number of ether oxygens (including phenoxy) is 1. The summed E-state index contributed by atoms with van der Waals surface area (Å²) in [5.41, 5.74) is -0.538. The number of hydrogen-bond donors (Lipinski definition) is 1. The monoisotopic (exact) mass is 430 g/mol. The molecule has 30 heavy (non-hydrogen) atoms. The molecule has 1 aliphatic carbocycles. The largest absolute Gasteiger partial charge is 0.475 e.